The second kappa shape index (κ2) is 3.80. The van der Waals surface area contributed by atoms with Crippen LogP contribution in [0.4, 0.5) is 8.78 Å². The zero-order valence-corrected chi connectivity index (χ0v) is 6.72. The van der Waals surface area contributed by atoms with Gasteiger partial charge < -0.3 is 4.74 Å². The van der Waals surface area contributed by atoms with Crippen LogP contribution in [0.1, 0.15) is 6.42 Å². The van der Waals surface area contributed by atoms with Crippen molar-refractivity contribution >= 4 is 5.97 Å². The Morgan fingerprint density at radius 1 is 1.58 bits per heavy atom. The highest BCUT2D eigenvalue weighted by atomic mass is 19.2. The highest BCUT2D eigenvalue weighted by molar-refractivity contribution is 5.72. The molecule has 12 heavy (non-hydrogen) atoms. The lowest BCUT2D eigenvalue weighted by molar-refractivity contribution is -0.147. The number of nitrogens with one attached hydrogen (secondary N) is 1. The maximum atomic E-state index is 12.7. The minimum Gasteiger partial charge on any atom is -0.469 e. The maximum absolute atomic E-state index is 12.7. The van der Waals surface area contributed by atoms with Gasteiger partial charge in [-0.3, -0.25) is 10.1 Å². The van der Waals surface area contributed by atoms with E-state index in [-0.39, 0.29) is 13.0 Å². The topological polar surface area (TPSA) is 38.3 Å². The smallest absolute Gasteiger partial charge is 0.310 e. The molecule has 5 heteroatoms. The molecule has 3 atom stereocenters. The molecule has 0 aliphatic carbocycles. The number of hydrogen-bond donors (Lipinski definition) is 1. The number of ether oxygens (including phenoxy) is 1. The van der Waals surface area contributed by atoms with Crippen LogP contribution in [0.2, 0.25) is 0 Å². The average molecular weight is 179 g/mol. The number of hydrogen-bond acceptors (Lipinski definition) is 3. The van der Waals surface area contributed by atoms with Crippen molar-refractivity contribution in [3.05, 3.63) is 0 Å². The van der Waals surface area contributed by atoms with Crippen molar-refractivity contribution in [1.82, 2.24) is 5.32 Å². The molecular formula is C7H11F2NO2. The van der Waals surface area contributed by atoms with E-state index in [2.05, 4.69) is 10.1 Å². The van der Waals surface area contributed by atoms with E-state index in [1.807, 2.05) is 0 Å². The highest BCUT2D eigenvalue weighted by Crippen LogP contribution is 2.19. The molecule has 1 heterocycles. The highest BCUT2D eigenvalue weighted by Gasteiger charge is 2.34. The van der Waals surface area contributed by atoms with Crippen molar-refractivity contribution in [2.75, 3.05) is 13.7 Å². The summed E-state index contributed by atoms with van der Waals surface area (Å²) in [5.41, 5.74) is 0. The van der Waals surface area contributed by atoms with Gasteiger partial charge in [0.2, 0.25) is 0 Å². The van der Waals surface area contributed by atoms with Crippen LogP contribution < -0.4 is 5.32 Å². The average Bonchev–Trinajstić information content (AvgIpc) is 2.08. The van der Waals surface area contributed by atoms with Gasteiger partial charge in [0.15, 0.2) is 6.30 Å². The largest absolute Gasteiger partial charge is 0.469 e. The molecule has 3 unspecified atom stereocenters. The van der Waals surface area contributed by atoms with Gasteiger partial charge in [0.05, 0.1) is 13.0 Å². The summed E-state index contributed by atoms with van der Waals surface area (Å²) in [6, 6.07) is 0. The van der Waals surface area contributed by atoms with Gasteiger partial charge in [-0.1, -0.05) is 0 Å². The molecule has 1 rings (SSSR count). The molecule has 0 aromatic rings. The first kappa shape index (κ1) is 9.38. The number of esters is 1. The molecule has 0 spiro atoms. The predicted octanol–water partition coefficient (Wildman–Crippen LogP) is 0.403. The Morgan fingerprint density at radius 2 is 2.25 bits per heavy atom. The standard InChI is InChI=1S/C7H11F2NO2/c1-12-7(11)4-2-5(8)6(9)10-3-4/h4-6,10H,2-3H2,1H3. The fourth-order valence-electron chi connectivity index (χ4n) is 1.20. The monoisotopic (exact) mass is 179 g/mol. The summed E-state index contributed by atoms with van der Waals surface area (Å²) in [5, 5.41) is 2.25. The van der Waals surface area contributed by atoms with Gasteiger partial charge in [-0.15, -0.1) is 0 Å². The second-order valence-electron chi connectivity index (χ2n) is 2.78. The third kappa shape index (κ3) is 1.91. The van der Waals surface area contributed by atoms with Gasteiger partial charge in [-0.2, -0.15) is 0 Å². The van der Waals surface area contributed by atoms with E-state index in [1.54, 1.807) is 0 Å². The summed E-state index contributed by atoms with van der Waals surface area (Å²) in [6.07, 6.45) is -3.35. The lowest BCUT2D eigenvalue weighted by Crippen LogP contribution is -2.46. The molecule has 0 saturated carbocycles. The van der Waals surface area contributed by atoms with Crippen molar-refractivity contribution in [3.63, 3.8) is 0 Å². The molecule has 0 aromatic heterocycles. The zero-order chi connectivity index (χ0) is 9.14. The summed E-state index contributed by atoms with van der Waals surface area (Å²) >= 11 is 0. The summed E-state index contributed by atoms with van der Waals surface area (Å²) in [6.45, 7) is 0.147. The number of halogens is 2. The molecule has 1 fully saturated rings. The summed E-state index contributed by atoms with van der Waals surface area (Å²) in [5.74, 6) is -1.05. The molecule has 0 aromatic carbocycles. The van der Waals surface area contributed by atoms with Gasteiger partial charge in [-0.05, 0) is 6.42 Å². The lowest BCUT2D eigenvalue weighted by Gasteiger charge is -2.26. The first-order valence-electron chi connectivity index (χ1n) is 3.74. The maximum Gasteiger partial charge on any atom is 0.310 e. The van der Waals surface area contributed by atoms with E-state index in [1.165, 1.54) is 7.11 Å². The Kier molecular flexibility index (Phi) is 2.97. The molecule has 1 aliphatic heterocycles. The number of carbonyl (C=O) groups is 1. The van der Waals surface area contributed by atoms with Crippen molar-refractivity contribution < 1.29 is 18.3 Å². The Labute approximate surface area is 69.1 Å². The molecule has 70 valence electrons. The Hall–Kier alpha value is -0.710. The minimum absolute atomic E-state index is 0.0964. The van der Waals surface area contributed by atoms with Crippen LogP contribution in [0.3, 0.4) is 0 Å². The van der Waals surface area contributed by atoms with Crippen LogP contribution in [0.5, 0.6) is 0 Å². The minimum atomic E-state index is -1.65. The molecule has 1 N–H and O–H groups in total. The van der Waals surface area contributed by atoms with Gasteiger partial charge in [0.25, 0.3) is 0 Å². The van der Waals surface area contributed by atoms with Crippen LogP contribution in [0, 0.1) is 5.92 Å². The van der Waals surface area contributed by atoms with Gasteiger partial charge in [-0.25, -0.2) is 8.78 Å². The Balaban J connectivity index is 2.45. The van der Waals surface area contributed by atoms with Crippen LogP contribution in [0.25, 0.3) is 0 Å². The van der Waals surface area contributed by atoms with Gasteiger partial charge in [0.1, 0.15) is 6.17 Å². The van der Waals surface area contributed by atoms with E-state index < -0.39 is 24.4 Å². The van der Waals surface area contributed by atoms with Crippen molar-refractivity contribution in [2.45, 2.75) is 18.9 Å². The van der Waals surface area contributed by atoms with E-state index >= 15 is 0 Å². The van der Waals surface area contributed by atoms with Crippen LogP contribution in [0.15, 0.2) is 0 Å². The van der Waals surface area contributed by atoms with Gasteiger partial charge in [0, 0.05) is 6.54 Å². The van der Waals surface area contributed by atoms with E-state index in [0.29, 0.717) is 0 Å². The summed E-state index contributed by atoms with van der Waals surface area (Å²) < 4.78 is 29.6. The van der Waals surface area contributed by atoms with Crippen molar-refractivity contribution in [2.24, 2.45) is 5.92 Å². The van der Waals surface area contributed by atoms with E-state index in [9.17, 15) is 13.6 Å². The molecule has 1 saturated heterocycles. The van der Waals surface area contributed by atoms with E-state index in [4.69, 9.17) is 0 Å². The molecule has 0 bridgehead atoms. The fourth-order valence-corrected chi connectivity index (χ4v) is 1.20. The number of alkyl halides is 2. The molecule has 1 aliphatic rings. The quantitative estimate of drug-likeness (QED) is 0.468. The first-order chi connectivity index (χ1) is 5.65. The van der Waals surface area contributed by atoms with Crippen molar-refractivity contribution in [1.29, 1.82) is 0 Å². The summed E-state index contributed by atoms with van der Waals surface area (Å²) in [7, 11) is 1.23. The number of methoxy groups -OCH3 is 1. The third-order valence-corrected chi connectivity index (χ3v) is 1.92. The normalized spacial score (nSPS) is 36.1. The third-order valence-electron chi connectivity index (χ3n) is 1.92. The van der Waals surface area contributed by atoms with E-state index in [0.717, 1.165) is 0 Å². The number of rotatable bonds is 1. The van der Waals surface area contributed by atoms with Crippen LogP contribution in [-0.2, 0) is 9.53 Å². The van der Waals surface area contributed by atoms with Gasteiger partial charge >= 0.3 is 5.97 Å². The predicted molar refractivity (Wildman–Crippen MR) is 37.9 cm³/mol. The Morgan fingerprint density at radius 3 is 2.75 bits per heavy atom. The fraction of sp³-hybridized carbons (Fsp3) is 0.857. The van der Waals surface area contributed by atoms with Crippen LogP contribution >= 0.6 is 0 Å². The molecule has 0 amide bonds. The molecular weight excluding hydrogens is 168 g/mol. The summed E-state index contributed by atoms with van der Waals surface area (Å²) in [4.78, 5) is 10.9. The Bertz CT molecular complexity index is 177. The van der Waals surface area contributed by atoms with Crippen LogP contribution in [-0.4, -0.2) is 32.1 Å². The SMILES string of the molecule is COC(=O)C1CNC(F)C(F)C1. The number of piperidine rings is 1. The first-order valence-corrected chi connectivity index (χ1v) is 3.74. The lowest BCUT2D eigenvalue weighted by atomic mass is 9.98. The zero-order valence-electron chi connectivity index (χ0n) is 6.72. The second-order valence-corrected chi connectivity index (χ2v) is 2.78. The molecule has 0 radical (unpaired) electrons. The molecule has 3 nitrogen and oxygen atoms in total. The number of carbonyl (C=O) groups excluding carboxylic acids is 1. The van der Waals surface area contributed by atoms with Crippen molar-refractivity contribution in [3.8, 4) is 0 Å².